The molecular weight excluding hydrogens is 378 g/mol. The summed E-state index contributed by atoms with van der Waals surface area (Å²) in [6.07, 6.45) is 3.74. The minimum atomic E-state index is -0.409. The van der Waals surface area contributed by atoms with Crippen molar-refractivity contribution in [2.45, 2.75) is 38.7 Å². The van der Waals surface area contributed by atoms with Crippen LogP contribution >= 0.6 is 0 Å². The average molecular weight is 399 g/mol. The Kier molecular flexibility index (Phi) is 4.35. The van der Waals surface area contributed by atoms with Crippen LogP contribution in [0, 0.1) is 0 Å². The Morgan fingerprint density at radius 3 is 2.70 bits per heavy atom. The molecular formula is C24H21N3O3. The number of carbonyl (C=O) groups excluding carboxylic acids is 1. The van der Waals surface area contributed by atoms with Gasteiger partial charge >= 0.3 is 0 Å². The summed E-state index contributed by atoms with van der Waals surface area (Å²) in [5.74, 6) is 1.57. The zero-order valence-electron chi connectivity index (χ0n) is 16.9. The minimum Gasteiger partial charge on any atom is -0.486 e. The molecule has 6 heteroatoms. The third-order valence-corrected chi connectivity index (χ3v) is 5.91. The van der Waals surface area contributed by atoms with Gasteiger partial charge in [-0.1, -0.05) is 25.1 Å². The largest absolute Gasteiger partial charge is 0.486 e. The third-order valence-electron chi connectivity index (χ3n) is 5.91. The van der Waals surface area contributed by atoms with Crippen LogP contribution in [-0.2, 0) is 0 Å². The molecule has 0 saturated carbocycles. The van der Waals surface area contributed by atoms with Gasteiger partial charge in [-0.25, -0.2) is 0 Å². The fraction of sp³-hybridized carbons (Fsp3) is 0.250. The number of rotatable bonds is 4. The van der Waals surface area contributed by atoms with Crippen molar-refractivity contribution in [3.63, 3.8) is 0 Å². The summed E-state index contributed by atoms with van der Waals surface area (Å²) in [5, 5.41) is 5.14. The van der Waals surface area contributed by atoms with E-state index in [9.17, 15) is 4.79 Å². The number of nitrogens with zero attached hydrogens (tertiary/aromatic N) is 3. The Labute approximate surface area is 173 Å². The first-order chi connectivity index (χ1) is 14.6. The molecule has 2 aromatic heterocycles. The lowest BCUT2D eigenvalue weighted by Gasteiger charge is -2.36. The molecule has 0 bridgehead atoms. The zero-order chi connectivity index (χ0) is 20.7. The maximum absolute atomic E-state index is 12.8. The molecule has 0 amide bonds. The van der Waals surface area contributed by atoms with Crippen molar-refractivity contribution in [1.29, 1.82) is 0 Å². The van der Waals surface area contributed by atoms with Crippen molar-refractivity contribution in [1.82, 2.24) is 15.1 Å². The lowest BCUT2D eigenvalue weighted by Crippen LogP contribution is -2.40. The van der Waals surface area contributed by atoms with Gasteiger partial charge in [-0.15, -0.1) is 0 Å². The van der Waals surface area contributed by atoms with E-state index in [1.54, 1.807) is 12.3 Å². The molecule has 0 unspecified atom stereocenters. The molecule has 6 nitrogen and oxygen atoms in total. The number of Topliss-reactive ketones (excluding diaryl/α,β-unsaturated/α-hetero) is 1. The van der Waals surface area contributed by atoms with Crippen LogP contribution in [0.1, 0.15) is 43.5 Å². The summed E-state index contributed by atoms with van der Waals surface area (Å²) >= 11 is 0. The summed E-state index contributed by atoms with van der Waals surface area (Å²) in [6, 6.07) is 15.2. The van der Waals surface area contributed by atoms with Crippen LogP contribution < -0.4 is 4.74 Å². The maximum Gasteiger partial charge on any atom is 0.258 e. The highest BCUT2D eigenvalue weighted by atomic mass is 16.5. The number of ketones is 1. The average Bonchev–Trinajstić information content (AvgIpc) is 3.29. The molecule has 0 fully saturated rings. The number of hydrogen-bond acceptors (Lipinski definition) is 6. The van der Waals surface area contributed by atoms with Crippen LogP contribution in [0.3, 0.4) is 0 Å². The van der Waals surface area contributed by atoms with Gasteiger partial charge in [0.2, 0.25) is 5.82 Å². The molecule has 0 radical (unpaired) electrons. The lowest BCUT2D eigenvalue weighted by atomic mass is 9.85. The molecule has 4 aromatic rings. The van der Waals surface area contributed by atoms with Crippen LogP contribution in [0.2, 0.25) is 0 Å². The first-order valence-corrected chi connectivity index (χ1v) is 10.2. The monoisotopic (exact) mass is 399 g/mol. The standard InChI is InChI=1S/C24H21N3O3/c1-3-24(4-2)14-20(28)18-13-17(8-10-21(18)29-24)23-26-22(27-30-23)16-7-9-19-15(12-16)6-5-11-25-19/h5-13H,3-4,14H2,1-2H3. The van der Waals surface area contributed by atoms with Gasteiger partial charge in [-0.2, -0.15) is 4.98 Å². The van der Waals surface area contributed by atoms with Crippen molar-refractivity contribution in [3.8, 4) is 28.6 Å². The number of carbonyl (C=O) groups is 1. The highest BCUT2D eigenvalue weighted by molar-refractivity contribution is 6.01. The van der Waals surface area contributed by atoms with Gasteiger partial charge in [0.25, 0.3) is 5.89 Å². The normalized spacial score (nSPS) is 15.1. The molecule has 0 N–H and O–H groups in total. The number of aromatic nitrogens is 3. The number of benzene rings is 2. The summed E-state index contributed by atoms with van der Waals surface area (Å²) in [6.45, 7) is 4.11. The number of fused-ring (bicyclic) bond motifs is 2. The van der Waals surface area contributed by atoms with E-state index in [1.165, 1.54) is 0 Å². The van der Waals surface area contributed by atoms with Gasteiger partial charge < -0.3 is 9.26 Å². The SMILES string of the molecule is CCC1(CC)CC(=O)c2cc(-c3nc(-c4ccc5ncccc5c4)no3)ccc2O1. The summed E-state index contributed by atoms with van der Waals surface area (Å²) < 4.78 is 11.7. The van der Waals surface area contributed by atoms with Crippen molar-refractivity contribution >= 4 is 16.7 Å². The Bertz CT molecular complexity index is 1260. The molecule has 150 valence electrons. The highest BCUT2D eigenvalue weighted by Crippen LogP contribution is 2.39. The van der Waals surface area contributed by atoms with Crippen molar-refractivity contribution < 1.29 is 14.1 Å². The van der Waals surface area contributed by atoms with E-state index in [1.807, 2.05) is 42.5 Å². The smallest absolute Gasteiger partial charge is 0.258 e. The molecule has 0 aliphatic carbocycles. The van der Waals surface area contributed by atoms with Gasteiger partial charge in [0.05, 0.1) is 17.5 Å². The summed E-state index contributed by atoms with van der Waals surface area (Å²) in [7, 11) is 0. The number of pyridine rings is 1. The van der Waals surface area contributed by atoms with Crippen LogP contribution in [0.5, 0.6) is 5.75 Å². The fourth-order valence-corrected chi connectivity index (χ4v) is 3.94. The van der Waals surface area contributed by atoms with Gasteiger partial charge in [0, 0.05) is 22.7 Å². The Morgan fingerprint density at radius 2 is 1.87 bits per heavy atom. The molecule has 1 aliphatic heterocycles. The van der Waals surface area contributed by atoms with Gasteiger partial charge in [0.15, 0.2) is 5.78 Å². The van der Waals surface area contributed by atoms with Crippen molar-refractivity contribution in [2.75, 3.05) is 0 Å². The van der Waals surface area contributed by atoms with Gasteiger partial charge in [0.1, 0.15) is 11.4 Å². The Hall–Kier alpha value is -3.54. The van der Waals surface area contributed by atoms with Crippen LogP contribution in [0.4, 0.5) is 0 Å². The maximum atomic E-state index is 12.8. The third kappa shape index (κ3) is 3.05. The first-order valence-electron chi connectivity index (χ1n) is 10.2. The quantitative estimate of drug-likeness (QED) is 0.452. The van der Waals surface area contributed by atoms with Crippen molar-refractivity contribution in [2.24, 2.45) is 0 Å². The predicted octanol–water partition coefficient (Wildman–Crippen LogP) is 5.48. The van der Waals surface area contributed by atoms with Gasteiger partial charge in [-0.3, -0.25) is 9.78 Å². The molecule has 0 atom stereocenters. The summed E-state index contributed by atoms with van der Waals surface area (Å²) in [5.41, 5.74) is 2.62. The van der Waals surface area contributed by atoms with E-state index in [0.29, 0.717) is 35.0 Å². The van der Waals surface area contributed by atoms with E-state index in [2.05, 4.69) is 29.0 Å². The van der Waals surface area contributed by atoms with Crippen LogP contribution in [0.15, 0.2) is 59.3 Å². The molecule has 3 heterocycles. The molecule has 1 aliphatic rings. The topological polar surface area (TPSA) is 78.1 Å². The second-order valence-electron chi connectivity index (χ2n) is 7.64. The van der Waals surface area contributed by atoms with E-state index < -0.39 is 5.60 Å². The molecule has 30 heavy (non-hydrogen) atoms. The van der Waals surface area contributed by atoms with E-state index in [0.717, 1.165) is 29.3 Å². The van der Waals surface area contributed by atoms with Crippen LogP contribution in [-0.4, -0.2) is 26.5 Å². The predicted molar refractivity (Wildman–Crippen MR) is 113 cm³/mol. The highest BCUT2D eigenvalue weighted by Gasteiger charge is 2.37. The molecule has 5 rings (SSSR count). The van der Waals surface area contributed by atoms with Crippen LogP contribution in [0.25, 0.3) is 33.7 Å². The van der Waals surface area contributed by atoms with E-state index >= 15 is 0 Å². The Balaban J connectivity index is 1.48. The molecule has 0 spiro atoms. The minimum absolute atomic E-state index is 0.0866. The zero-order valence-corrected chi connectivity index (χ0v) is 16.9. The van der Waals surface area contributed by atoms with E-state index in [4.69, 9.17) is 9.26 Å². The second-order valence-corrected chi connectivity index (χ2v) is 7.64. The summed E-state index contributed by atoms with van der Waals surface area (Å²) in [4.78, 5) is 21.7. The second kappa shape index (κ2) is 7.06. The molecule has 2 aromatic carbocycles. The number of hydrogen-bond donors (Lipinski definition) is 0. The van der Waals surface area contributed by atoms with E-state index in [-0.39, 0.29) is 5.78 Å². The van der Waals surface area contributed by atoms with Gasteiger partial charge in [-0.05, 0) is 55.3 Å². The molecule has 0 saturated heterocycles. The van der Waals surface area contributed by atoms with Crippen molar-refractivity contribution in [3.05, 3.63) is 60.3 Å². The lowest BCUT2D eigenvalue weighted by molar-refractivity contribution is 0.0350. The number of ether oxygens (including phenoxy) is 1. The first kappa shape index (κ1) is 18.5. The Morgan fingerprint density at radius 1 is 1.03 bits per heavy atom. The fourth-order valence-electron chi connectivity index (χ4n) is 3.94.